The molecule has 7 nitrogen and oxygen atoms in total. The molecule has 0 aromatic carbocycles. The molecule has 3 aromatic heterocycles. The zero-order chi connectivity index (χ0) is 15.7. The number of rotatable bonds is 4. The molecule has 0 aliphatic heterocycles. The first-order chi connectivity index (χ1) is 10.6. The normalized spacial score (nSPS) is 10.9. The van der Waals surface area contributed by atoms with E-state index in [2.05, 4.69) is 20.0 Å². The van der Waals surface area contributed by atoms with E-state index >= 15 is 0 Å². The lowest BCUT2D eigenvalue weighted by atomic mass is 10.2. The summed E-state index contributed by atoms with van der Waals surface area (Å²) in [6, 6.07) is 5.75. The topological polar surface area (TPSA) is 77.1 Å². The van der Waals surface area contributed by atoms with Gasteiger partial charge in [-0.15, -0.1) is 11.3 Å². The molecule has 0 fully saturated rings. The number of carbonyl (C=O) groups is 1. The van der Waals surface area contributed by atoms with Gasteiger partial charge < -0.3 is 4.90 Å². The lowest BCUT2D eigenvalue weighted by Crippen LogP contribution is -2.28. The van der Waals surface area contributed by atoms with Crippen LogP contribution in [0.15, 0.2) is 28.2 Å². The highest BCUT2D eigenvalue weighted by atomic mass is 32.1. The summed E-state index contributed by atoms with van der Waals surface area (Å²) in [5.74, 6) is -0.125. The van der Waals surface area contributed by atoms with Crippen LogP contribution in [0, 0.1) is 6.92 Å². The molecule has 0 aliphatic rings. The van der Waals surface area contributed by atoms with Crippen LogP contribution in [0.25, 0.3) is 10.6 Å². The fourth-order valence-corrected chi connectivity index (χ4v) is 2.78. The number of aryl methyl sites for hydroxylation is 2. The molecule has 0 radical (unpaired) electrons. The quantitative estimate of drug-likeness (QED) is 0.736. The number of amides is 1. The maximum atomic E-state index is 12.6. The predicted octanol–water partition coefficient (Wildman–Crippen LogP) is 2.11. The molecule has 1 amide bonds. The molecule has 0 saturated carbocycles. The summed E-state index contributed by atoms with van der Waals surface area (Å²) in [5.41, 5.74) is 2.66. The van der Waals surface area contributed by atoms with E-state index in [0.29, 0.717) is 23.6 Å². The second-order valence-corrected chi connectivity index (χ2v) is 5.92. The van der Waals surface area contributed by atoms with E-state index in [1.807, 2.05) is 17.5 Å². The minimum absolute atomic E-state index is 0.125. The van der Waals surface area contributed by atoms with E-state index in [1.54, 1.807) is 48.0 Å². The van der Waals surface area contributed by atoms with Gasteiger partial charge in [0.05, 0.1) is 11.4 Å². The fraction of sp³-hybridized carbons (Fsp3) is 0.286. The average Bonchev–Trinajstić information content (AvgIpc) is 3.20. The van der Waals surface area contributed by atoms with Crippen LogP contribution >= 0.6 is 11.3 Å². The number of hydrogen-bond donors (Lipinski definition) is 0. The molecule has 8 heteroatoms. The highest BCUT2D eigenvalue weighted by molar-refractivity contribution is 7.13. The van der Waals surface area contributed by atoms with E-state index in [-0.39, 0.29) is 5.91 Å². The Hall–Kier alpha value is -2.48. The Labute approximate surface area is 131 Å². The van der Waals surface area contributed by atoms with Crippen molar-refractivity contribution < 1.29 is 9.42 Å². The standard InChI is InChI=1S/C14H15N5O2S/c1-9-11(17-21-16-9)8-18(2)14(20)12-7-10(15-19(12)3)13-5-4-6-22-13/h4-7H,8H2,1-3H3. The van der Waals surface area contributed by atoms with Crippen molar-refractivity contribution in [2.24, 2.45) is 7.05 Å². The molecular weight excluding hydrogens is 302 g/mol. The number of thiophene rings is 1. The van der Waals surface area contributed by atoms with Crippen molar-refractivity contribution in [3.8, 4) is 10.6 Å². The fourth-order valence-electron chi connectivity index (χ4n) is 2.10. The molecule has 0 spiro atoms. The van der Waals surface area contributed by atoms with Gasteiger partial charge in [-0.2, -0.15) is 5.10 Å². The summed E-state index contributed by atoms with van der Waals surface area (Å²) >= 11 is 1.59. The monoisotopic (exact) mass is 317 g/mol. The van der Waals surface area contributed by atoms with Gasteiger partial charge in [0.1, 0.15) is 22.8 Å². The van der Waals surface area contributed by atoms with Gasteiger partial charge in [-0.1, -0.05) is 16.4 Å². The van der Waals surface area contributed by atoms with Crippen molar-refractivity contribution in [3.63, 3.8) is 0 Å². The van der Waals surface area contributed by atoms with Crippen LogP contribution in [0.1, 0.15) is 21.9 Å². The third kappa shape index (κ3) is 2.64. The molecule has 3 rings (SSSR count). The largest absolute Gasteiger partial charge is 0.334 e. The molecule has 0 aliphatic carbocycles. The van der Waals surface area contributed by atoms with Gasteiger partial charge >= 0.3 is 0 Å². The number of hydrogen-bond acceptors (Lipinski definition) is 6. The molecule has 3 aromatic rings. The predicted molar refractivity (Wildman–Crippen MR) is 81.4 cm³/mol. The van der Waals surface area contributed by atoms with E-state index in [4.69, 9.17) is 0 Å². The van der Waals surface area contributed by atoms with Gasteiger partial charge in [-0.3, -0.25) is 9.48 Å². The summed E-state index contributed by atoms with van der Waals surface area (Å²) in [7, 11) is 3.48. The maximum absolute atomic E-state index is 12.6. The summed E-state index contributed by atoms with van der Waals surface area (Å²) in [6.07, 6.45) is 0. The van der Waals surface area contributed by atoms with Gasteiger partial charge in [-0.25, -0.2) is 4.63 Å². The second-order valence-electron chi connectivity index (χ2n) is 4.97. The molecular formula is C14H15N5O2S. The maximum Gasteiger partial charge on any atom is 0.272 e. The van der Waals surface area contributed by atoms with Gasteiger partial charge in [0.15, 0.2) is 0 Å². The van der Waals surface area contributed by atoms with Crippen LogP contribution in [0.3, 0.4) is 0 Å². The summed E-state index contributed by atoms with van der Waals surface area (Å²) in [5, 5.41) is 13.9. The van der Waals surface area contributed by atoms with E-state index in [0.717, 1.165) is 10.6 Å². The van der Waals surface area contributed by atoms with Crippen molar-refractivity contribution in [3.05, 3.63) is 40.7 Å². The van der Waals surface area contributed by atoms with E-state index in [1.165, 1.54) is 0 Å². The minimum Gasteiger partial charge on any atom is -0.334 e. The van der Waals surface area contributed by atoms with Crippen molar-refractivity contribution >= 4 is 17.2 Å². The number of carbonyl (C=O) groups excluding carboxylic acids is 1. The van der Waals surface area contributed by atoms with Crippen molar-refractivity contribution in [1.29, 1.82) is 0 Å². The number of aromatic nitrogens is 4. The van der Waals surface area contributed by atoms with Crippen molar-refractivity contribution in [1.82, 2.24) is 25.0 Å². The smallest absolute Gasteiger partial charge is 0.272 e. The van der Waals surface area contributed by atoms with Crippen LogP contribution in [0.2, 0.25) is 0 Å². The highest BCUT2D eigenvalue weighted by Gasteiger charge is 2.20. The summed E-state index contributed by atoms with van der Waals surface area (Å²) in [6.45, 7) is 2.14. The van der Waals surface area contributed by atoms with Gasteiger partial charge in [-0.05, 0) is 24.4 Å². The van der Waals surface area contributed by atoms with Gasteiger partial charge in [0.25, 0.3) is 5.91 Å². The Kier molecular flexibility index (Phi) is 3.76. The van der Waals surface area contributed by atoms with Crippen molar-refractivity contribution in [2.75, 3.05) is 7.05 Å². The molecule has 0 bridgehead atoms. The van der Waals surface area contributed by atoms with Crippen LogP contribution in [0.4, 0.5) is 0 Å². The average molecular weight is 317 g/mol. The molecule has 22 heavy (non-hydrogen) atoms. The molecule has 0 N–H and O–H groups in total. The Balaban J connectivity index is 1.81. The number of nitrogens with zero attached hydrogens (tertiary/aromatic N) is 5. The van der Waals surface area contributed by atoms with E-state index in [9.17, 15) is 4.79 Å². The van der Waals surface area contributed by atoms with Crippen LogP contribution < -0.4 is 0 Å². The zero-order valence-corrected chi connectivity index (χ0v) is 13.3. The lowest BCUT2D eigenvalue weighted by molar-refractivity contribution is 0.0771. The van der Waals surface area contributed by atoms with Crippen LogP contribution in [-0.2, 0) is 13.6 Å². The van der Waals surface area contributed by atoms with Gasteiger partial charge in [0, 0.05) is 14.1 Å². The minimum atomic E-state index is -0.125. The first kappa shape index (κ1) is 14.5. The Morgan fingerprint density at radius 1 is 1.45 bits per heavy atom. The highest BCUT2D eigenvalue weighted by Crippen LogP contribution is 2.24. The third-order valence-electron chi connectivity index (χ3n) is 3.35. The van der Waals surface area contributed by atoms with E-state index < -0.39 is 0 Å². The molecule has 0 atom stereocenters. The van der Waals surface area contributed by atoms with Crippen LogP contribution in [0.5, 0.6) is 0 Å². The Morgan fingerprint density at radius 2 is 2.27 bits per heavy atom. The molecule has 3 heterocycles. The second kappa shape index (κ2) is 5.72. The van der Waals surface area contributed by atoms with Gasteiger partial charge in [0.2, 0.25) is 0 Å². The first-order valence-electron chi connectivity index (χ1n) is 6.67. The van der Waals surface area contributed by atoms with Crippen LogP contribution in [-0.4, -0.2) is 37.9 Å². The summed E-state index contributed by atoms with van der Waals surface area (Å²) in [4.78, 5) is 15.2. The molecule has 114 valence electrons. The summed E-state index contributed by atoms with van der Waals surface area (Å²) < 4.78 is 6.25. The Morgan fingerprint density at radius 3 is 2.91 bits per heavy atom. The third-order valence-corrected chi connectivity index (χ3v) is 4.24. The zero-order valence-electron chi connectivity index (χ0n) is 12.5. The first-order valence-corrected chi connectivity index (χ1v) is 7.55. The SMILES string of the molecule is Cc1nonc1CN(C)C(=O)c1cc(-c2cccs2)nn1C. The molecule has 0 unspecified atom stereocenters. The van der Waals surface area contributed by atoms with Crippen molar-refractivity contribution in [2.45, 2.75) is 13.5 Å². The molecule has 0 saturated heterocycles. The Bertz CT molecular complexity index is 790. The lowest BCUT2D eigenvalue weighted by Gasteiger charge is -2.15.